The first-order valence-electron chi connectivity index (χ1n) is 6.34. The topological polar surface area (TPSA) is 49.6 Å². The van der Waals surface area contributed by atoms with Crippen LogP contribution in [0.25, 0.3) is 0 Å². The van der Waals surface area contributed by atoms with Gasteiger partial charge in [-0.2, -0.15) is 0 Å². The van der Waals surface area contributed by atoms with Gasteiger partial charge in [0.15, 0.2) is 0 Å². The molecule has 1 aromatic rings. The number of nitro benzene ring substituents is 1. The Morgan fingerprint density at radius 2 is 2.00 bits per heavy atom. The molecule has 0 radical (unpaired) electrons. The van der Waals surface area contributed by atoms with Crippen molar-refractivity contribution in [3.63, 3.8) is 0 Å². The Hall–Kier alpha value is -1.14. The summed E-state index contributed by atoms with van der Waals surface area (Å²) in [5.74, 6) is 0. The normalized spacial score (nSPS) is 16.9. The van der Waals surface area contributed by atoms with Crippen molar-refractivity contribution in [2.45, 2.75) is 18.9 Å². The van der Waals surface area contributed by atoms with Crippen LogP contribution in [-0.2, 0) is 0 Å². The van der Waals surface area contributed by atoms with E-state index in [1.165, 1.54) is 0 Å². The van der Waals surface area contributed by atoms with Crippen LogP contribution in [-0.4, -0.2) is 43.0 Å². The number of nitro groups is 1. The van der Waals surface area contributed by atoms with E-state index < -0.39 is 0 Å². The fraction of sp³-hybridized carbons (Fsp3) is 0.538. The largest absolute Gasteiger partial charge is 0.366 e. The van der Waals surface area contributed by atoms with Crippen LogP contribution in [0.3, 0.4) is 0 Å². The summed E-state index contributed by atoms with van der Waals surface area (Å²) in [6.45, 7) is 1.72. The van der Waals surface area contributed by atoms with Gasteiger partial charge in [-0.3, -0.25) is 10.1 Å². The fourth-order valence-corrected chi connectivity index (χ4v) is 2.88. The molecule has 1 aliphatic rings. The summed E-state index contributed by atoms with van der Waals surface area (Å²) >= 11 is 3.39. The van der Waals surface area contributed by atoms with Gasteiger partial charge in [0.25, 0.3) is 5.69 Å². The Balaban J connectivity index is 2.19. The van der Waals surface area contributed by atoms with Crippen molar-refractivity contribution in [1.82, 2.24) is 4.90 Å². The van der Waals surface area contributed by atoms with Gasteiger partial charge in [-0.15, -0.1) is 0 Å². The lowest BCUT2D eigenvalue weighted by Gasteiger charge is -2.36. The molecule has 1 saturated heterocycles. The molecular formula is C13H18BrN3O2. The summed E-state index contributed by atoms with van der Waals surface area (Å²) in [5.41, 5.74) is 0.906. The second-order valence-corrected chi connectivity index (χ2v) is 5.99. The number of rotatable bonds is 3. The van der Waals surface area contributed by atoms with Crippen LogP contribution in [0.15, 0.2) is 22.7 Å². The van der Waals surface area contributed by atoms with E-state index in [4.69, 9.17) is 0 Å². The third-order valence-corrected chi connectivity index (χ3v) is 4.16. The van der Waals surface area contributed by atoms with Crippen molar-refractivity contribution < 1.29 is 4.92 Å². The van der Waals surface area contributed by atoms with E-state index in [9.17, 15) is 10.1 Å². The van der Waals surface area contributed by atoms with Crippen molar-refractivity contribution in [3.8, 4) is 0 Å². The zero-order chi connectivity index (χ0) is 14.0. The first kappa shape index (κ1) is 14.3. The van der Waals surface area contributed by atoms with Gasteiger partial charge in [0.05, 0.1) is 4.92 Å². The van der Waals surface area contributed by atoms with Crippen LogP contribution in [0.4, 0.5) is 11.4 Å². The molecule has 19 heavy (non-hydrogen) atoms. The summed E-state index contributed by atoms with van der Waals surface area (Å²) < 4.78 is 0.878. The molecule has 104 valence electrons. The summed E-state index contributed by atoms with van der Waals surface area (Å²) in [5, 5.41) is 11.1. The molecule has 0 N–H and O–H groups in total. The van der Waals surface area contributed by atoms with Gasteiger partial charge in [-0.1, -0.05) is 15.9 Å². The molecule has 0 atom stereocenters. The summed E-state index contributed by atoms with van der Waals surface area (Å²) in [6, 6.07) is 5.70. The lowest BCUT2D eigenvalue weighted by atomic mass is 10.0. The standard InChI is InChI=1S/C13H18BrN3O2/c1-15(2)11-5-7-16(8-6-11)13-9-10(14)3-4-12(13)17(18)19/h3-4,9,11H,5-8H2,1-2H3. The zero-order valence-corrected chi connectivity index (χ0v) is 12.8. The maximum absolute atomic E-state index is 11.1. The predicted octanol–water partition coefficient (Wildman–Crippen LogP) is 2.89. The minimum atomic E-state index is -0.306. The molecule has 2 rings (SSSR count). The molecule has 1 aromatic carbocycles. The van der Waals surface area contributed by atoms with Crippen LogP contribution in [0, 0.1) is 10.1 Å². The summed E-state index contributed by atoms with van der Waals surface area (Å²) in [6.07, 6.45) is 2.08. The molecule has 0 spiro atoms. The molecular weight excluding hydrogens is 310 g/mol. The van der Waals surface area contributed by atoms with Gasteiger partial charge in [-0.25, -0.2) is 0 Å². The number of hydrogen-bond donors (Lipinski definition) is 0. The Kier molecular flexibility index (Phi) is 4.42. The van der Waals surface area contributed by atoms with Crippen LogP contribution in [0.1, 0.15) is 12.8 Å². The minimum Gasteiger partial charge on any atom is -0.366 e. The Labute approximate surface area is 121 Å². The first-order valence-corrected chi connectivity index (χ1v) is 7.13. The number of halogens is 1. The van der Waals surface area contributed by atoms with Crippen LogP contribution in [0.5, 0.6) is 0 Å². The SMILES string of the molecule is CN(C)C1CCN(c2cc(Br)ccc2[N+](=O)[O-])CC1. The van der Waals surface area contributed by atoms with Crippen molar-refractivity contribution in [1.29, 1.82) is 0 Å². The molecule has 6 heteroatoms. The van der Waals surface area contributed by atoms with Gasteiger partial charge in [-0.05, 0) is 39.1 Å². The average molecular weight is 328 g/mol. The Morgan fingerprint density at radius 1 is 1.37 bits per heavy atom. The molecule has 0 aromatic heterocycles. The zero-order valence-electron chi connectivity index (χ0n) is 11.2. The van der Waals surface area contributed by atoms with Crippen molar-refractivity contribution in [2.75, 3.05) is 32.1 Å². The number of nitrogens with zero attached hydrogens (tertiary/aromatic N) is 3. The van der Waals surface area contributed by atoms with Crippen LogP contribution in [0.2, 0.25) is 0 Å². The van der Waals surface area contributed by atoms with Gasteiger partial charge in [0, 0.05) is 29.7 Å². The van der Waals surface area contributed by atoms with Crippen molar-refractivity contribution in [2.24, 2.45) is 0 Å². The molecule has 5 nitrogen and oxygen atoms in total. The van der Waals surface area contributed by atoms with Gasteiger partial charge < -0.3 is 9.80 Å². The van der Waals surface area contributed by atoms with E-state index in [1.54, 1.807) is 12.1 Å². The van der Waals surface area contributed by atoms with Gasteiger partial charge in [0.1, 0.15) is 5.69 Å². The summed E-state index contributed by atoms with van der Waals surface area (Å²) in [4.78, 5) is 15.1. The van der Waals surface area contributed by atoms with E-state index in [1.807, 2.05) is 6.07 Å². The smallest absolute Gasteiger partial charge is 0.292 e. The highest BCUT2D eigenvalue weighted by molar-refractivity contribution is 9.10. The monoisotopic (exact) mass is 327 g/mol. The second-order valence-electron chi connectivity index (χ2n) is 5.07. The third kappa shape index (κ3) is 3.25. The molecule has 0 saturated carbocycles. The van der Waals surface area contributed by atoms with E-state index in [0.29, 0.717) is 6.04 Å². The average Bonchev–Trinajstić information content (AvgIpc) is 2.38. The number of hydrogen-bond acceptors (Lipinski definition) is 4. The molecule has 0 amide bonds. The van der Waals surface area contributed by atoms with Crippen molar-refractivity contribution >= 4 is 27.3 Å². The number of piperidine rings is 1. The Morgan fingerprint density at radius 3 is 2.53 bits per heavy atom. The van der Waals surface area contributed by atoms with E-state index in [-0.39, 0.29) is 10.6 Å². The first-order chi connectivity index (χ1) is 8.99. The van der Waals surface area contributed by atoms with Gasteiger partial charge >= 0.3 is 0 Å². The molecule has 0 unspecified atom stereocenters. The molecule has 1 heterocycles. The quantitative estimate of drug-likeness (QED) is 0.632. The van der Waals surface area contributed by atoms with E-state index in [2.05, 4.69) is 39.8 Å². The van der Waals surface area contributed by atoms with Gasteiger partial charge in [0.2, 0.25) is 0 Å². The van der Waals surface area contributed by atoms with Crippen LogP contribution >= 0.6 is 15.9 Å². The fourth-order valence-electron chi connectivity index (χ4n) is 2.53. The second kappa shape index (κ2) is 5.88. The highest BCUT2D eigenvalue weighted by Crippen LogP contribution is 2.33. The highest BCUT2D eigenvalue weighted by Gasteiger charge is 2.25. The van der Waals surface area contributed by atoms with Crippen molar-refractivity contribution in [3.05, 3.63) is 32.8 Å². The van der Waals surface area contributed by atoms with E-state index >= 15 is 0 Å². The van der Waals surface area contributed by atoms with Crippen LogP contribution < -0.4 is 4.90 Å². The third-order valence-electron chi connectivity index (χ3n) is 3.67. The number of benzene rings is 1. The minimum absolute atomic E-state index is 0.187. The highest BCUT2D eigenvalue weighted by atomic mass is 79.9. The number of anilines is 1. The lowest BCUT2D eigenvalue weighted by molar-refractivity contribution is -0.384. The predicted molar refractivity (Wildman–Crippen MR) is 79.7 cm³/mol. The van der Waals surface area contributed by atoms with E-state index in [0.717, 1.165) is 36.1 Å². The molecule has 1 aliphatic heterocycles. The maximum atomic E-state index is 11.1. The molecule has 0 bridgehead atoms. The maximum Gasteiger partial charge on any atom is 0.292 e. The summed E-state index contributed by atoms with van der Waals surface area (Å²) in [7, 11) is 4.17. The lowest BCUT2D eigenvalue weighted by Crippen LogP contribution is -2.42. The molecule has 0 aliphatic carbocycles. The Bertz CT molecular complexity index is 471. The molecule has 1 fully saturated rings.